The van der Waals surface area contributed by atoms with Crippen LogP contribution in [0.25, 0.3) is 10.8 Å². The Labute approximate surface area is 169 Å². The van der Waals surface area contributed by atoms with Crippen molar-refractivity contribution in [3.63, 3.8) is 0 Å². The number of pyridine rings is 1. The molecule has 28 heavy (non-hydrogen) atoms. The number of hydrogen-bond donors (Lipinski definition) is 1. The molecular weight excluding hydrogens is 407 g/mol. The number of carbonyl (C=O) groups excluding carboxylic acids is 2. The zero-order valence-electron chi connectivity index (χ0n) is 14.8. The van der Waals surface area contributed by atoms with Gasteiger partial charge in [-0.3, -0.25) is 9.59 Å². The summed E-state index contributed by atoms with van der Waals surface area (Å²) in [6.07, 6.45) is 0.152. The van der Waals surface area contributed by atoms with Crippen molar-refractivity contribution in [1.82, 2.24) is 14.8 Å². The van der Waals surface area contributed by atoms with Gasteiger partial charge in [0.1, 0.15) is 0 Å². The summed E-state index contributed by atoms with van der Waals surface area (Å²) in [6.45, 7) is 1.39. The number of ether oxygens (including phenoxy) is 1. The zero-order valence-corrected chi connectivity index (χ0v) is 16.3. The molecule has 3 aromatic rings. The number of aryl methyl sites for hydroxylation is 1. The molecule has 1 aromatic carbocycles. The van der Waals surface area contributed by atoms with E-state index in [2.05, 4.69) is 15.4 Å². The number of esters is 1. The third kappa shape index (κ3) is 3.97. The van der Waals surface area contributed by atoms with Crippen LogP contribution in [0.4, 0.5) is 5.82 Å². The number of halogens is 2. The number of nitrogens with zero attached hydrogens (tertiary/aromatic N) is 3. The average Bonchev–Trinajstić information content (AvgIpc) is 2.66. The highest BCUT2D eigenvalue weighted by Crippen LogP contribution is 2.23. The molecule has 0 saturated carbocycles. The second-order valence-corrected chi connectivity index (χ2v) is 6.69. The number of hydrogen-bond acceptors (Lipinski definition) is 6. The largest absolute Gasteiger partial charge is 0.448 e. The maximum absolute atomic E-state index is 12.6. The maximum atomic E-state index is 12.6. The van der Waals surface area contributed by atoms with Crippen molar-refractivity contribution in [2.45, 2.75) is 13.0 Å². The highest BCUT2D eigenvalue weighted by molar-refractivity contribution is 6.36. The molecule has 2 aromatic heterocycles. The van der Waals surface area contributed by atoms with Crippen LogP contribution in [0.3, 0.4) is 0 Å². The lowest BCUT2D eigenvalue weighted by atomic mass is 10.1. The monoisotopic (exact) mass is 420 g/mol. The van der Waals surface area contributed by atoms with Gasteiger partial charge in [0.05, 0.1) is 15.4 Å². The number of rotatable bonds is 4. The molecule has 0 aliphatic carbocycles. The van der Waals surface area contributed by atoms with Crippen LogP contribution in [-0.4, -0.2) is 32.7 Å². The predicted molar refractivity (Wildman–Crippen MR) is 105 cm³/mol. The van der Waals surface area contributed by atoms with Gasteiger partial charge in [-0.1, -0.05) is 41.4 Å². The third-order valence-electron chi connectivity index (χ3n) is 3.85. The Hall–Kier alpha value is -2.97. The lowest BCUT2D eigenvalue weighted by molar-refractivity contribution is -0.123. The number of fused-ring (bicyclic) bond motifs is 1. The van der Waals surface area contributed by atoms with Crippen molar-refractivity contribution in [3.8, 4) is 0 Å². The molecule has 1 atom stereocenters. The molecule has 1 amide bonds. The van der Waals surface area contributed by atoms with Crippen LogP contribution >= 0.6 is 23.2 Å². The zero-order chi connectivity index (χ0) is 20.4. The number of amides is 1. The lowest BCUT2D eigenvalue weighted by Crippen LogP contribution is -2.31. The minimum Gasteiger partial charge on any atom is -0.448 e. The molecule has 0 radical (unpaired) electrons. The quantitative estimate of drug-likeness (QED) is 0.650. The van der Waals surface area contributed by atoms with Gasteiger partial charge in [-0.05, 0) is 19.1 Å². The van der Waals surface area contributed by atoms with E-state index in [1.54, 1.807) is 24.3 Å². The summed E-state index contributed by atoms with van der Waals surface area (Å²) in [4.78, 5) is 40.9. The van der Waals surface area contributed by atoms with Crippen molar-refractivity contribution in [2.75, 3.05) is 5.32 Å². The van der Waals surface area contributed by atoms with Crippen LogP contribution in [0.5, 0.6) is 0 Å². The fraction of sp³-hybridized carbons (Fsp3) is 0.167. The van der Waals surface area contributed by atoms with Crippen molar-refractivity contribution >= 4 is 51.7 Å². The third-order valence-corrected chi connectivity index (χ3v) is 4.35. The molecular formula is C18H14Cl2N4O4. The fourth-order valence-corrected chi connectivity index (χ4v) is 2.87. The summed E-state index contributed by atoms with van der Waals surface area (Å²) in [5.74, 6) is -1.39. The van der Waals surface area contributed by atoms with E-state index < -0.39 is 18.0 Å². The maximum Gasteiger partial charge on any atom is 0.360 e. The Balaban J connectivity index is 1.81. The predicted octanol–water partition coefficient (Wildman–Crippen LogP) is 2.82. The van der Waals surface area contributed by atoms with E-state index >= 15 is 0 Å². The van der Waals surface area contributed by atoms with Gasteiger partial charge in [0.2, 0.25) is 0 Å². The van der Waals surface area contributed by atoms with E-state index in [0.717, 1.165) is 4.68 Å². The summed E-state index contributed by atoms with van der Waals surface area (Å²) in [5.41, 5.74) is -0.415. The summed E-state index contributed by atoms with van der Waals surface area (Å²) in [6, 6.07) is 7.94. The number of anilines is 1. The number of carbonyl (C=O) groups is 2. The Bertz CT molecular complexity index is 1150. The molecule has 0 aliphatic heterocycles. The van der Waals surface area contributed by atoms with Gasteiger partial charge in [-0.25, -0.2) is 14.5 Å². The number of benzene rings is 1. The first-order chi connectivity index (χ1) is 13.3. The van der Waals surface area contributed by atoms with Crippen LogP contribution in [0.1, 0.15) is 17.4 Å². The second-order valence-electron chi connectivity index (χ2n) is 5.84. The highest BCUT2D eigenvalue weighted by atomic mass is 35.5. The molecule has 0 fully saturated rings. The second kappa shape index (κ2) is 7.95. The molecule has 2 heterocycles. The molecule has 0 saturated heterocycles. The Morgan fingerprint density at radius 3 is 2.57 bits per heavy atom. The van der Waals surface area contributed by atoms with Crippen LogP contribution in [0.15, 0.2) is 41.3 Å². The van der Waals surface area contributed by atoms with Crippen LogP contribution in [0, 0.1) is 0 Å². The molecule has 1 unspecified atom stereocenters. The first-order valence-electron chi connectivity index (χ1n) is 8.07. The van der Waals surface area contributed by atoms with E-state index in [9.17, 15) is 14.4 Å². The Morgan fingerprint density at radius 2 is 1.89 bits per heavy atom. The SMILES string of the molecule is CC(OC(=O)c1nn(C)c(=O)c2ccccc12)C(=O)Nc1ncc(Cl)cc1Cl. The smallest absolute Gasteiger partial charge is 0.360 e. The van der Waals surface area contributed by atoms with Crippen LogP contribution < -0.4 is 10.9 Å². The number of nitrogens with one attached hydrogen (secondary N) is 1. The first kappa shape index (κ1) is 19.8. The van der Waals surface area contributed by atoms with Crippen molar-refractivity contribution in [2.24, 2.45) is 7.05 Å². The summed E-state index contributed by atoms with van der Waals surface area (Å²) < 4.78 is 6.25. The van der Waals surface area contributed by atoms with Gasteiger partial charge in [0.25, 0.3) is 11.5 Å². The molecule has 10 heteroatoms. The van der Waals surface area contributed by atoms with Gasteiger partial charge in [0, 0.05) is 18.6 Å². The molecule has 8 nitrogen and oxygen atoms in total. The molecule has 0 spiro atoms. The molecule has 144 valence electrons. The van der Waals surface area contributed by atoms with Crippen LogP contribution in [0.2, 0.25) is 10.0 Å². The average molecular weight is 421 g/mol. The minimum atomic E-state index is -1.17. The molecule has 1 N–H and O–H groups in total. The van der Waals surface area contributed by atoms with Crippen molar-refractivity contribution in [3.05, 3.63) is 62.6 Å². The van der Waals surface area contributed by atoms with E-state index in [4.69, 9.17) is 27.9 Å². The van der Waals surface area contributed by atoms with Gasteiger partial charge < -0.3 is 10.1 Å². The Morgan fingerprint density at radius 1 is 1.21 bits per heavy atom. The lowest BCUT2D eigenvalue weighted by Gasteiger charge is -2.14. The highest BCUT2D eigenvalue weighted by Gasteiger charge is 2.23. The van der Waals surface area contributed by atoms with Gasteiger partial charge >= 0.3 is 5.97 Å². The summed E-state index contributed by atoms with van der Waals surface area (Å²) >= 11 is 11.7. The molecule has 0 aliphatic rings. The van der Waals surface area contributed by atoms with Crippen molar-refractivity contribution < 1.29 is 14.3 Å². The Kier molecular flexibility index (Phi) is 5.62. The first-order valence-corrected chi connectivity index (χ1v) is 8.82. The van der Waals surface area contributed by atoms with Crippen LogP contribution in [-0.2, 0) is 16.6 Å². The van der Waals surface area contributed by atoms with Gasteiger partial charge in [0.15, 0.2) is 17.6 Å². The van der Waals surface area contributed by atoms with E-state index in [1.807, 2.05) is 0 Å². The minimum absolute atomic E-state index is 0.0694. The topological polar surface area (TPSA) is 103 Å². The standard InChI is InChI=1S/C18H14Cl2N4O4/c1-9(16(25)22-15-13(20)7-10(19)8-21-15)28-18(27)14-11-5-3-4-6-12(11)17(26)24(2)23-14/h3-9H,1-2H3,(H,21,22,25). The van der Waals surface area contributed by atoms with Crippen molar-refractivity contribution in [1.29, 1.82) is 0 Å². The molecule has 3 rings (SSSR count). The van der Waals surface area contributed by atoms with Gasteiger partial charge in [-0.2, -0.15) is 5.10 Å². The van der Waals surface area contributed by atoms with E-state index in [0.29, 0.717) is 15.8 Å². The normalized spacial score (nSPS) is 11.9. The van der Waals surface area contributed by atoms with E-state index in [-0.39, 0.29) is 22.1 Å². The number of aromatic nitrogens is 3. The van der Waals surface area contributed by atoms with Gasteiger partial charge in [-0.15, -0.1) is 0 Å². The summed E-state index contributed by atoms with van der Waals surface area (Å²) in [7, 11) is 1.43. The summed E-state index contributed by atoms with van der Waals surface area (Å²) in [5, 5.41) is 7.55. The molecule has 0 bridgehead atoms. The van der Waals surface area contributed by atoms with E-state index in [1.165, 1.54) is 26.2 Å². The fourth-order valence-electron chi connectivity index (χ4n) is 2.45.